The van der Waals surface area contributed by atoms with Gasteiger partial charge in [0, 0.05) is 13.1 Å². The minimum Gasteiger partial charge on any atom is -0.461 e. The van der Waals surface area contributed by atoms with Crippen LogP contribution in [0.4, 0.5) is 11.9 Å². The monoisotopic (exact) mass is 265 g/mol. The Labute approximate surface area is 114 Å². The lowest BCUT2D eigenvalue weighted by Gasteiger charge is -2.18. The van der Waals surface area contributed by atoms with Crippen LogP contribution in [0.15, 0.2) is 0 Å². The molecule has 2 N–H and O–H groups in total. The quantitative estimate of drug-likeness (QED) is 0.893. The molecule has 0 radical (unpaired) electrons. The summed E-state index contributed by atoms with van der Waals surface area (Å²) >= 11 is 0. The molecule has 0 bridgehead atoms. The molecule has 1 unspecified atom stereocenters. The normalized spacial score (nSPS) is 19.5. The molecule has 1 saturated heterocycles. The van der Waals surface area contributed by atoms with Gasteiger partial charge in [-0.1, -0.05) is 13.8 Å². The van der Waals surface area contributed by atoms with E-state index in [1.807, 2.05) is 13.8 Å². The highest BCUT2D eigenvalue weighted by molar-refractivity contribution is 5.37. The van der Waals surface area contributed by atoms with Gasteiger partial charge in [0.05, 0.1) is 6.10 Å². The van der Waals surface area contributed by atoms with E-state index in [0.29, 0.717) is 23.8 Å². The average Bonchev–Trinajstić information content (AvgIpc) is 2.76. The van der Waals surface area contributed by atoms with Gasteiger partial charge in [-0.05, 0) is 32.1 Å². The third-order valence-electron chi connectivity index (χ3n) is 3.41. The first-order chi connectivity index (χ1) is 8.95. The van der Waals surface area contributed by atoms with Crippen LogP contribution in [0.1, 0.15) is 34.1 Å². The lowest BCUT2D eigenvalue weighted by Crippen LogP contribution is -2.24. The molecule has 2 heterocycles. The lowest BCUT2D eigenvalue weighted by molar-refractivity contribution is 0.222. The maximum atomic E-state index is 5.73. The van der Waals surface area contributed by atoms with Crippen molar-refractivity contribution in [1.29, 1.82) is 0 Å². The van der Waals surface area contributed by atoms with E-state index >= 15 is 0 Å². The van der Waals surface area contributed by atoms with Crippen LogP contribution in [0.3, 0.4) is 0 Å². The van der Waals surface area contributed by atoms with Crippen LogP contribution >= 0.6 is 0 Å². The van der Waals surface area contributed by atoms with E-state index in [9.17, 15) is 0 Å². The molecule has 0 spiro atoms. The van der Waals surface area contributed by atoms with Gasteiger partial charge in [0.25, 0.3) is 0 Å². The number of hydrogen-bond donors (Lipinski definition) is 1. The zero-order valence-corrected chi connectivity index (χ0v) is 12.1. The maximum Gasteiger partial charge on any atom is 0.323 e. The number of rotatable bonds is 4. The Morgan fingerprint density at radius 3 is 2.53 bits per heavy atom. The number of hydrogen-bond acceptors (Lipinski definition) is 6. The van der Waals surface area contributed by atoms with Gasteiger partial charge in [-0.3, -0.25) is 0 Å². The maximum absolute atomic E-state index is 5.73. The summed E-state index contributed by atoms with van der Waals surface area (Å²) in [7, 11) is 0. The van der Waals surface area contributed by atoms with Crippen molar-refractivity contribution in [2.24, 2.45) is 11.8 Å². The van der Waals surface area contributed by atoms with E-state index in [1.54, 1.807) is 0 Å². The SMILES string of the molecule is CC(C)Oc1nc(N)nc(N2CCC(C(C)C)C2)n1. The Morgan fingerprint density at radius 2 is 1.95 bits per heavy atom. The molecular formula is C13H23N5O. The Hall–Kier alpha value is -1.59. The van der Waals surface area contributed by atoms with Crippen LogP contribution in [0.2, 0.25) is 0 Å². The second kappa shape index (κ2) is 5.59. The third-order valence-corrected chi connectivity index (χ3v) is 3.41. The highest BCUT2D eigenvalue weighted by Gasteiger charge is 2.27. The lowest BCUT2D eigenvalue weighted by atomic mass is 9.95. The molecule has 2 rings (SSSR count). The van der Waals surface area contributed by atoms with Crippen LogP contribution in [-0.2, 0) is 0 Å². The summed E-state index contributed by atoms with van der Waals surface area (Å²) in [5.41, 5.74) is 5.73. The number of nitrogens with zero attached hydrogens (tertiary/aromatic N) is 4. The van der Waals surface area contributed by atoms with Crippen LogP contribution in [-0.4, -0.2) is 34.1 Å². The molecule has 1 fully saturated rings. The number of nitrogens with two attached hydrogens (primary N) is 1. The van der Waals surface area contributed by atoms with Crippen molar-refractivity contribution in [3.63, 3.8) is 0 Å². The fourth-order valence-corrected chi connectivity index (χ4v) is 2.28. The molecule has 0 saturated carbocycles. The van der Waals surface area contributed by atoms with Crippen LogP contribution in [0.25, 0.3) is 0 Å². The molecule has 19 heavy (non-hydrogen) atoms. The van der Waals surface area contributed by atoms with Crippen molar-refractivity contribution in [1.82, 2.24) is 15.0 Å². The van der Waals surface area contributed by atoms with Gasteiger partial charge in [-0.15, -0.1) is 0 Å². The van der Waals surface area contributed by atoms with E-state index in [4.69, 9.17) is 10.5 Å². The molecule has 1 atom stereocenters. The van der Waals surface area contributed by atoms with Crippen molar-refractivity contribution in [2.75, 3.05) is 23.7 Å². The van der Waals surface area contributed by atoms with Crippen LogP contribution in [0, 0.1) is 11.8 Å². The molecule has 1 aromatic heterocycles. The number of ether oxygens (including phenoxy) is 1. The van der Waals surface area contributed by atoms with Crippen molar-refractivity contribution >= 4 is 11.9 Å². The van der Waals surface area contributed by atoms with Crippen molar-refractivity contribution in [3.05, 3.63) is 0 Å². The molecule has 6 nitrogen and oxygen atoms in total. The molecule has 0 amide bonds. The van der Waals surface area contributed by atoms with Gasteiger partial charge in [-0.25, -0.2) is 0 Å². The van der Waals surface area contributed by atoms with Gasteiger partial charge >= 0.3 is 6.01 Å². The van der Waals surface area contributed by atoms with Crippen molar-refractivity contribution in [3.8, 4) is 6.01 Å². The zero-order chi connectivity index (χ0) is 14.0. The Balaban J connectivity index is 2.14. The summed E-state index contributed by atoms with van der Waals surface area (Å²) < 4.78 is 5.50. The smallest absolute Gasteiger partial charge is 0.323 e. The minimum atomic E-state index is 0.0247. The van der Waals surface area contributed by atoms with Crippen LogP contribution in [0.5, 0.6) is 6.01 Å². The molecule has 1 aliphatic rings. The van der Waals surface area contributed by atoms with Gasteiger partial charge < -0.3 is 15.4 Å². The summed E-state index contributed by atoms with van der Waals surface area (Å²) in [5.74, 6) is 2.21. The fourth-order valence-electron chi connectivity index (χ4n) is 2.28. The summed E-state index contributed by atoms with van der Waals surface area (Å²) in [6, 6.07) is 0.311. The predicted octanol–water partition coefficient (Wildman–Crippen LogP) is 1.72. The number of anilines is 2. The molecule has 1 aromatic rings. The predicted molar refractivity (Wildman–Crippen MR) is 75.2 cm³/mol. The van der Waals surface area contributed by atoms with E-state index in [0.717, 1.165) is 13.1 Å². The standard InChI is InChI=1S/C13H23N5O/c1-8(2)10-5-6-18(7-10)12-15-11(14)16-13(17-12)19-9(3)4/h8-10H,5-7H2,1-4H3,(H2,14,15,16,17). The number of aromatic nitrogens is 3. The second-order valence-corrected chi connectivity index (χ2v) is 5.68. The van der Waals surface area contributed by atoms with E-state index in [-0.39, 0.29) is 12.1 Å². The highest BCUT2D eigenvalue weighted by Crippen LogP contribution is 2.27. The van der Waals surface area contributed by atoms with Crippen molar-refractivity contribution in [2.45, 2.75) is 40.2 Å². The first-order valence-corrected chi connectivity index (χ1v) is 6.89. The first kappa shape index (κ1) is 13.8. The Kier molecular flexibility index (Phi) is 4.07. The molecule has 6 heteroatoms. The summed E-state index contributed by atoms with van der Waals surface area (Å²) in [5, 5.41) is 0. The molecule has 0 aliphatic carbocycles. The van der Waals surface area contributed by atoms with E-state index in [2.05, 4.69) is 33.7 Å². The Bertz CT molecular complexity index is 435. The summed E-state index contributed by atoms with van der Waals surface area (Å²) in [6.45, 7) is 10.3. The highest BCUT2D eigenvalue weighted by atomic mass is 16.5. The topological polar surface area (TPSA) is 77.2 Å². The summed E-state index contributed by atoms with van der Waals surface area (Å²) in [4.78, 5) is 14.7. The minimum absolute atomic E-state index is 0.0247. The zero-order valence-electron chi connectivity index (χ0n) is 12.1. The third kappa shape index (κ3) is 3.45. The Morgan fingerprint density at radius 1 is 1.21 bits per heavy atom. The van der Waals surface area contributed by atoms with Crippen molar-refractivity contribution < 1.29 is 4.74 Å². The number of nitrogen functional groups attached to an aromatic ring is 1. The molecule has 0 aromatic carbocycles. The second-order valence-electron chi connectivity index (χ2n) is 5.68. The van der Waals surface area contributed by atoms with Gasteiger partial charge in [0.15, 0.2) is 0 Å². The molecule has 106 valence electrons. The van der Waals surface area contributed by atoms with Gasteiger partial charge in [0.2, 0.25) is 11.9 Å². The fraction of sp³-hybridized carbons (Fsp3) is 0.769. The molecule has 1 aliphatic heterocycles. The van der Waals surface area contributed by atoms with Crippen LogP contribution < -0.4 is 15.4 Å². The van der Waals surface area contributed by atoms with E-state index in [1.165, 1.54) is 6.42 Å². The van der Waals surface area contributed by atoms with Gasteiger partial charge in [0.1, 0.15) is 0 Å². The van der Waals surface area contributed by atoms with Gasteiger partial charge in [-0.2, -0.15) is 15.0 Å². The summed E-state index contributed by atoms with van der Waals surface area (Å²) in [6.07, 6.45) is 1.19. The van der Waals surface area contributed by atoms with E-state index < -0.39 is 0 Å². The molecular weight excluding hydrogens is 242 g/mol. The largest absolute Gasteiger partial charge is 0.461 e. The average molecular weight is 265 g/mol. The first-order valence-electron chi connectivity index (χ1n) is 6.89.